The Kier molecular flexibility index (Phi) is 5.29. The van der Waals surface area contributed by atoms with Crippen molar-refractivity contribution in [3.63, 3.8) is 0 Å². The summed E-state index contributed by atoms with van der Waals surface area (Å²) in [5, 5.41) is 2.24. The summed E-state index contributed by atoms with van der Waals surface area (Å²) in [6, 6.07) is 6.05. The number of nitrogens with zero attached hydrogens (tertiary/aromatic N) is 1. The van der Waals surface area contributed by atoms with E-state index in [2.05, 4.69) is 5.16 Å². The summed E-state index contributed by atoms with van der Waals surface area (Å²) in [5.41, 5.74) is -0.608. The first-order valence-electron chi connectivity index (χ1n) is 8.47. The first-order chi connectivity index (χ1) is 12.8. The molecule has 27 heavy (non-hydrogen) atoms. The zero-order chi connectivity index (χ0) is 19.6. The molecular weight excluding hydrogens is 365 g/mol. The van der Waals surface area contributed by atoms with Crippen LogP contribution in [0.2, 0.25) is 0 Å². The molecule has 9 heteroatoms. The van der Waals surface area contributed by atoms with Crippen LogP contribution in [0.15, 0.2) is 39.6 Å². The standard InChI is InChI=1S/C18H19F3N2O4/c1-26-17(25)23-6-5-12(15-10-16(24)22-27-15)9-14(23)8-11-3-2-4-13(7-11)18(19,20)21/h2-4,7,10,12,14H,5-6,8-9H2,1H3,(H,22,24). The minimum absolute atomic E-state index is 0.111. The number of nitrogens with one attached hydrogen (secondary N) is 1. The van der Waals surface area contributed by atoms with Crippen molar-refractivity contribution in [1.29, 1.82) is 0 Å². The van der Waals surface area contributed by atoms with Gasteiger partial charge in [-0.2, -0.15) is 18.3 Å². The summed E-state index contributed by atoms with van der Waals surface area (Å²) in [6.07, 6.45) is -3.70. The number of piperidine rings is 1. The lowest BCUT2D eigenvalue weighted by atomic mass is 9.86. The number of methoxy groups -OCH3 is 1. The van der Waals surface area contributed by atoms with Gasteiger partial charge in [0.15, 0.2) is 0 Å². The molecule has 0 saturated carbocycles. The van der Waals surface area contributed by atoms with Crippen LogP contribution >= 0.6 is 0 Å². The lowest BCUT2D eigenvalue weighted by Crippen LogP contribution is -2.46. The van der Waals surface area contributed by atoms with Crippen LogP contribution in [-0.4, -0.2) is 35.8 Å². The van der Waals surface area contributed by atoms with Crippen LogP contribution in [0.1, 0.15) is 35.6 Å². The quantitative estimate of drug-likeness (QED) is 0.878. The van der Waals surface area contributed by atoms with Gasteiger partial charge in [-0.15, -0.1) is 0 Å². The molecule has 2 heterocycles. The van der Waals surface area contributed by atoms with Crippen LogP contribution in [0.5, 0.6) is 0 Å². The van der Waals surface area contributed by atoms with Crippen LogP contribution < -0.4 is 5.56 Å². The number of carbonyl (C=O) groups is 1. The Morgan fingerprint density at radius 3 is 2.78 bits per heavy atom. The predicted octanol–water partition coefficient (Wildman–Crippen LogP) is 3.54. The number of carbonyl (C=O) groups excluding carboxylic acids is 1. The summed E-state index contributed by atoms with van der Waals surface area (Å²) in [5.74, 6) is 0.374. The zero-order valence-corrected chi connectivity index (χ0v) is 14.6. The summed E-state index contributed by atoms with van der Waals surface area (Å²) in [6.45, 7) is 0.357. The van der Waals surface area contributed by atoms with Gasteiger partial charge in [0.2, 0.25) is 0 Å². The van der Waals surface area contributed by atoms with Crippen molar-refractivity contribution in [1.82, 2.24) is 10.1 Å². The Balaban J connectivity index is 1.83. The Labute approximate surface area is 152 Å². The molecule has 1 fully saturated rings. The molecule has 1 aliphatic rings. The van der Waals surface area contributed by atoms with Gasteiger partial charge in [-0.25, -0.2) is 4.79 Å². The van der Waals surface area contributed by atoms with Crippen LogP contribution in [0, 0.1) is 0 Å². The number of rotatable bonds is 3. The Hall–Kier alpha value is -2.71. The van der Waals surface area contributed by atoms with Crippen molar-refractivity contribution in [2.45, 2.75) is 37.4 Å². The van der Waals surface area contributed by atoms with E-state index in [1.54, 1.807) is 6.07 Å². The van der Waals surface area contributed by atoms with E-state index >= 15 is 0 Å². The van der Waals surface area contributed by atoms with Gasteiger partial charge in [0.05, 0.1) is 12.7 Å². The molecule has 1 aromatic heterocycles. The van der Waals surface area contributed by atoms with Crippen LogP contribution in [-0.2, 0) is 17.3 Å². The molecule has 2 unspecified atom stereocenters. The molecule has 0 spiro atoms. The number of alkyl halides is 3. The topological polar surface area (TPSA) is 75.5 Å². The van der Waals surface area contributed by atoms with Gasteiger partial charge in [-0.1, -0.05) is 18.2 Å². The van der Waals surface area contributed by atoms with Crippen LogP contribution in [0.4, 0.5) is 18.0 Å². The number of aromatic nitrogens is 1. The third-order valence-corrected chi connectivity index (χ3v) is 4.80. The number of likely N-dealkylation sites (tertiary alicyclic amines) is 1. The first kappa shape index (κ1) is 19.1. The molecule has 0 bridgehead atoms. The average molecular weight is 384 g/mol. The number of hydrogen-bond acceptors (Lipinski definition) is 4. The van der Waals surface area contributed by atoms with Crippen molar-refractivity contribution in [3.8, 4) is 0 Å². The molecule has 2 atom stereocenters. The Morgan fingerprint density at radius 2 is 2.15 bits per heavy atom. The van der Waals surface area contributed by atoms with E-state index in [1.165, 1.54) is 24.1 Å². The van der Waals surface area contributed by atoms with E-state index in [1.807, 2.05) is 0 Å². The van der Waals surface area contributed by atoms with E-state index in [4.69, 9.17) is 9.26 Å². The summed E-state index contributed by atoms with van der Waals surface area (Å²) < 4.78 is 48.9. The van der Waals surface area contributed by atoms with Gasteiger partial charge >= 0.3 is 12.3 Å². The third kappa shape index (κ3) is 4.35. The predicted molar refractivity (Wildman–Crippen MR) is 89.4 cm³/mol. The Morgan fingerprint density at radius 1 is 1.37 bits per heavy atom. The third-order valence-electron chi connectivity index (χ3n) is 4.80. The van der Waals surface area contributed by atoms with Crippen molar-refractivity contribution in [3.05, 3.63) is 57.6 Å². The number of benzene rings is 1. The second-order valence-electron chi connectivity index (χ2n) is 6.56. The summed E-state index contributed by atoms with van der Waals surface area (Å²) in [7, 11) is 1.26. The first-order valence-corrected chi connectivity index (χ1v) is 8.47. The lowest BCUT2D eigenvalue weighted by molar-refractivity contribution is -0.137. The molecule has 146 valence electrons. The van der Waals surface area contributed by atoms with Crippen LogP contribution in [0.3, 0.4) is 0 Å². The SMILES string of the molecule is COC(=O)N1CCC(c2cc(=O)[nH]o2)CC1Cc1cccc(C(F)(F)F)c1. The van der Waals surface area contributed by atoms with Crippen molar-refractivity contribution < 1.29 is 27.2 Å². The molecule has 1 N–H and O–H groups in total. The van der Waals surface area contributed by atoms with Gasteiger partial charge in [-0.05, 0) is 30.9 Å². The highest BCUT2D eigenvalue weighted by Crippen LogP contribution is 2.34. The second kappa shape index (κ2) is 7.50. The number of amides is 1. The van der Waals surface area contributed by atoms with Gasteiger partial charge in [0.25, 0.3) is 5.56 Å². The molecule has 2 aromatic rings. The minimum atomic E-state index is -4.43. The van der Waals surface area contributed by atoms with Crippen molar-refractivity contribution in [2.24, 2.45) is 0 Å². The highest BCUT2D eigenvalue weighted by Gasteiger charge is 2.35. The molecule has 1 saturated heterocycles. The molecule has 3 rings (SSSR count). The van der Waals surface area contributed by atoms with Crippen LogP contribution in [0.25, 0.3) is 0 Å². The summed E-state index contributed by atoms with van der Waals surface area (Å²) in [4.78, 5) is 24.9. The molecule has 0 radical (unpaired) electrons. The van der Waals surface area contributed by atoms with Crippen molar-refractivity contribution >= 4 is 6.09 Å². The van der Waals surface area contributed by atoms with E-state index in [0.29, 0.717) is 30.7 Å². The van der Waals surface area contributed by atoms with Gasteiger partial charge < -0.3 is 14.2 Å². The minimum Gasteiger partial charge on any atom is -0.453 e. The number of aromatic amines is 1. The molecule has 6 nitrogen and oxygen atoms in total. The maximum Gasteiger partial charge on any atom is 0.416 e. The highest BCUT2D eigenvalue weighted by molar-refractivity contribution is 5.68. The fourth-order valence-electron chi connectivity index (χ4n) is 3.51. The van der Waals surface area contributed by atoms with E-state index in [-0.39, 0.29) is 23.9 Å². The second-order valence-corrected chi connectivity index (χ2v) is 6.56. The maximum atomic E-state index is 13.0. The van der Waals surface area contributed by atoms with Gasteiger partial charge in [-0.3, -0.25) is 4.79 Å². The van der Waals surface area contributed by atoms with Gasteiger partial charge in [0.1, 0.15) is 5.76 Å². The molecule has 1 aromatic carbocycles. The highest BCUT2D eigenvalue weighted by atomic mass is 19.4. The van der Waals surface area contributed by atoms with E-state index in [9.17, 15) is 22.8 Å². The number of H-pyrrole nitrogens is 1. The molecule has 0 aliphatic carbocycles. The lowest BCUT2D eigenvalue weighted by Gasteiger charge is -2.38. The van der Waals surface area contributed by atoms with Gasteiger partial charge in [0, 0.05) is 24.6 Å². The number of hydrogen-bond donors (Lipinski definition) is 1. The fraction of sp³-hybridized carbons (Fsp3) is 0.444. The largest absolute Gasteiger partial charge is 0.453 e. The zero-order valence-electron chi connectivity index (χ0n) is 14.6. The molecular formula is C18H19F3N2O4. The maximum absolute atomic E-state index is 13.0. The molecule has 1 aliphatic heterocycles. The summed E-state index contributed by atoms with van der Waals surface area (Å²) >= 11 is 0. The smallest absolute Gasteiger partial charge is 0.416 e. The van der Waals surface area contributed by atoms with E-state index < -0.39 is 17.8 Å². The van der Waals surface area contributed by atoms with Crippen molar-refractivity contribution in [2.75, 3.05) is 13.7 Å². The monoisotopic (exact) mass is 384 g/mol. The number of ether oxygens (including phenoxy) is 1. The normalized spacial score (nSPS) is 20.5. The fourth-order valence-corrected chi connectivity index (χ4v) is 3.51. The average Bonchev–Trinajstić information content (AvgIpc) is 3.07. The number of halogens is 3. The Bertz CT molecular complexity index is 859. The molecule has 1 amide bonds. The van der Waals surface area contributed by atoms with E-state index in [0.717, 1.165) is 12.1 Å².